The Balaban J connectivity index is 1.97. The number of benzene rings is 1. The van der Waals surface area contributed by atoms with Crippen LogP contribution in [-0.4, -0.2) is 42.0 Å². The van der Waals surface area contributed by atoms with Gasteiger partial charge in [0.25, 0.3) is 5.91 Å². The van der Waals surface area contributed by atoms with Crippen LogP contribution in [0.4, 0.5) is 5.95 Å². The minimum absolute atomic E-state index is 0.0605. The molecule has 0 aliphatic heterocycles. The van der Waals surface area contributed by atoms with Crippen LogP contribution in [-0.2, 0) is 11.8 Å². The largest absolute Gasteiger partial charge is 0.455 e. The van der Waals surface area contributed by atoms with Gasteiger partial charge in [-0.15, -0.1) is 10.2 Å². The number of nitrogens with zero attached hydrogens (tertiary/aromatic N) is 5. The van der Waals surface area contributed by atoms with Crippen LogP contribution in [0.5, 0.6) is 0 Å². The van der Waals surface area contributed by atoms with Crippen molar-refractivity contribution >= 4 is 17.8 Å². The summed E-state index contributed by atoms with van der Waals surface area (Å²) in [6.45, 7) is 7.10. The minimum atomic E-state index is -0.679. The number of rotatable bonds is 4. The van der Waals surface area contributed by atoms with Crippen molar-refractivity contribution in [3.63, 3.8) is 0 Å². The number of anilines is 1. The van der Waals surface area contributed by atoms with Gasteiger partial charge in [0.1, 0.15) is 11.4 Å². The molecule has 0 bridgehead atoms. The maximum absolute atomic E-state index is 12.7. The molecule has 0 saturated heterocycles. The first kappa shape index (κ1) is 19.3. The Morgan fingerprint density at radius 3 is 2.36 bits per heavy atom. The van der Waals surface area contributed by atoms with Crippen LogP contribution in [0.2, 0.25) is 0 Å². The average molecular weight is 382 g/mol. The third-order valence-electron chi connectivity index (χ3n) is 3.87. The number of aromatic nitrogens is 5. The normalized spacial score (nSPS) is 11.3. The van der Waals surface area contributed by atoms with E-state index in [1.165, 1.54) is 10.7 Å². The number of carbonyl (C=O) groups excluding carboxylic acids is 2. The fourth-order valence-electron chi connectivity index (χ4n) is 2.42. The molecule has 3 aromatic rings. The smallest absolute Gasteiger partial charge is 0.357 e. The molecule has 0 radical (unpaired) electrons. The Hall–Kier alpha value is -3.49. The van der Waals surface area contributed by atoms with Crippen molar-refractivity contribution in [2.45, 2.75) is 33.3 Å². The second-order valence-electron chi connectivity index (χ2n) is 7.25. The molecule has 146 valence electrons. The highest BCUT2D eigenvalue weighted by atomic mass is 16.6. The van der Waals surface area contributed by atoms with Gasteiger partial charge in [-0.3, -0.25) is 10.1 Å². The monoisotopic (exact) mass is 382 g/mol. The van der Waals surface area contributed by atoms with Crippen molar-refractivity contribution in [1.29, 1.82) is 0 Å². The molecular formula is C19H22N6O3. The van der Waals surface area contributed by atoms with E-state index in [1.807, 2.05) is 18.2 Å². The fraction of sp³-hybridized carbons (Fsp3) is 0.316. The number of esters is 1. The highest BCUT2D eigenvalue weighted by molar-refractivity contribution is 6.03. The molecule has 3 rings (SSSR count). The van der Waals surface area contributed by atoms with Gasteiger partial charge in [-0.1, -0.05) is 18.2 Å². The van der Waals surface area contributed by atoms with E-state index in [0.717, 1.165) is 0 Å². The van der Waals surface area contributed by atoms with E-state index in [0.29, 0.717) is 11.5 Å². The van der Waals surface area contributed by atoms with Gasteiger partial charge in [0.15, 0.2) is 11.4 Å². The Morgan fingerprint density at radius 2 is 1.79 bits per heavy atom. The van der Waals surface area contributed by atoms with Crippen molar-refractivity contribution in [3.8, 4) is 5.69 Å². The van der Waals surface area contributed by atoms with Crippen LogP contribution in [0.25, 0.3) is 5.69 Å². The molecule has 0 unspecified atom stereocenters. The summed E-state index contributed by atoms with van der Waals surface area (Å²) in [5, 5.41) is 14.8. The van der Waals surface area contributed by atoms with Crippen molar-refractivity contribution in [2.24, 2.45) is 7.05 Å². The van der Waals surface area contributed by atoms with Gasteiger partial charge < -0.3 is 9.30 Å². The summed E-state index contributed by atoms with van der Waals surface area (Å²) in [6.07, 6.45) is 0. The molecule has 1 amide bonds. The molecule has 1 N–H and O–H groups in total. The predicted octanol–water partition coefficient (Wildman–Crippen LogP) is 2.52. The topological polar surface area (TPSA) is 104 Å². The van der Waals surface area contributed by atoms with Crippen molar-refractivity contribution in [3.05, 3.63) is 53.6 Å². The number of amides is 1. The summed E-state index contributed by atoms with van der Waals surface area (Å²) in [6, 6.07) is 10.5. The van der Waals surface area contributed by atoms with Gasteiger partial charge in [0.05, 0.1) is 5.69 Å². The molecule has 0 fully saturated rings. The van der Waals surface area contributed by atoms with Crippen LogP contribution >= 0.6 is 0 Å². The quantitative estimate of drug-likeness (QED) is 0.696. The first-order chi connectivity index (χ1) is 13.2. The number of hydrogen-bond acceptors (Lipinski definition) is 6. The zero-order valence-corrected chi connectivity index (χ0v) is 16.4. The van der Waals surface area contributed by atoms with Gasteiger partial charge in [0.2, 0.25) is 5.95 Å². The van der Waals surface area contributed by atoms with Gasteiger partial charge in [0, 0.05) is 13.1 Å². The van der Waals surface area contributed by atoms with Crippen LogP contribution in [0, 0.1) is 6.92 Å². The standard InChI is InChI=1S/C19H22N6O3/c1-12-21-22-18(24(12)5)20-16(26)14-11-15(17(27)28-19(2,3)4)25(23-14)13-9-7-6-8-10-13/h6-11H,1-5H3,(H,20,22,26). The van der Waals surface area contributed by atoms with Crippen LogP contribution in [0.3, 0.4) is 0 Å². The van der Waals surface area contributed by atoms with Crippen molar-refractivity contribution in [1.82, 2.24) is 24.5 Å². The molecule has 0 saturated carbocycles. The number of para-hydroxylation sites is 1. The van der Waals surface area contributed by atoms with Crippen LogP contribution in [0.15, 0.2) is 36.4 Å². The first-order valence-corrected chi connectivity index (χ1v) is 8.72. The molecule has 9 nitrogen and oxygen atoms in total. The lowest BCUT2D eigenvalue weighted by molar-refractivity contribution is 0.00593. The Kier molecular flexibility index (Phi) is 5.00. The number of nitrogens with one attached hydrogen (secondary N) is 1. The third-order valence-corrected chi connectivity index (χ3v) is 3.87. The summed E-state index contributed by atoms with van der Waals surface area (Å²) in [5.41, 5.74) is 0.171. The predicted molar refractivity (Wildman–Crippen MR) is 102 cm³/mol. The fourth-order valence-corrected chi connectivity index (χ4v) is 2.42. The van der Waals surface area contributed by atoms with Crippen LogP contribution < -0.4 is 5.32 Å². The number of hydrogen-bond donors (Lipinski definition) is 1. The molecule has 2 heterocycles. The highest BCUT2D eigenvalue weighted by Gasteiger charge is 2.25. The number of aryl methyl sites for hydroxylation is 1. The Bertz CT molecular complexity index is 1010. The van der Waals surface area contributed by atoms with Crippen LogP contribution in [0.1, 0.15) is 47.6 Å². The minimum Gasteiger partial charge on any atom is -0.455 e. The van der Waals surface area contributed by atoms with Gasteiger partial charge in [-0.25, -0.2) is 9.48 Å². The van der Waals surface area contributed by atoms with E-state index >= 15 is 0 Å². The van der Waals surface area contributed by atoms with E-state index in [1.54, 1.807) is 51.4 Å². The van der Waals surface area contributed by atoms with E-state index in [2.05, 4.69) is 20.6 Å². The molecule has 0 atom stereocenters. The van der Waals surface area contributed by atoms with Crippen molar-refractivity contribution in [2.75, 3.05) is 5.32 Å². The lowest BCUT2D eigenvalue weighted by atomic mass is 10.2. The summed E-state index contributed by atoms with van der Waals surface area (Å²) in [7, 11) is 1.74. The van der Waals surface area contributed by atoms with Gasteiger partial charge >= 0.3 is 5.97 Å². The summed E-state index contributed by atoms with van der Waals surface area (Å²) in [4.78, 5) is 25.3. The van der Waals surface area contributed by atoms with Crippen molar-refractivity contribution < 1.29 is 14.3 Å². The highest BCUT2D eigenvalue weighted by Crippen LogP contribution is 2.18. The second-order valence-corrected chi connectivity index (χ2v) is 7.25. The van der Waals surface area contributed by atoms with Gasteiger partial charge in [-0.2, -0.15) is 5.10 Å². The number of carbonyl (C=O) groups is 2. The molecular weight excluding hydrogens is 360 g/mol. The molecule has 1 aromatic carbocycles. The Morgan fingerprint density at radius 1 is 1.11 bits per heavy atom. The zero-order valence-electron chi connectivity index (χ0n) is 16.4. The molecule has 28 heavy (non-hydrogen) atoms. The summed E-state index contributed by atoms with van der Waals surface area (Å²) < 4.78 is 8.50. The molecule has 0 aliphatic carbocycles. The van der Waals surface area contributed by atoms with E-state index in [9.17, 15) is 9.59 Å². The number of ether oxygens (including phenoxy) is 1. The molecule has 0 spiro atoms. The Labute approximate surface area is 162 Å². The first-order valence-electron chi connectivity index (χ1n) is 8.72. The maximum atomic E-state index is 12.7. The SMILES string of the molecule is Cc1nnc(NC(=O)c2cc(C(=O)OC(C)(C)C)n(-c3ccccc3)n2)n1C. The molecule has 9 heteroatoms. The maximum Gasteiger partial charge on any atom is 0.357 e. The van der Waals surface area contributed by atoms with E-state index in [4.69, 9.17) is 4.74 Å². The van der Waals surface area contributed by atoms with E-state index < -0.39 is 17.5 Å². The summed E-state index contributed by atoms with van der Waals surface area (Å²) in [5.74, 6) is -0.137. The zero-order chi connectivity index (χ0) is 20.5. The molecule has 2 aromatic heterocycles. The lowest BCUT2D eigenvalue weighted by Gasteiger charge is -2.19. The average Bonchev–Trinajstić information content (AvgIpc) is 3.21. The molecule has 0 aliphatic rings. The summed E-state index contributed by atoms with van der Waals surface area (Å²) >= 11 is 0. The lowest BCUT2D eigenvalue weighted by Crippen LogP contribution is -2.25. The van der Waals surface area contributed by atoms with E-state index in [-0.39, 0.29) is 17.3 Å². The third kappa shape index (κ3) is 4.08. The van der Waals surface area contributed by atoms with Gasteiger partial charge in [-0.05, 0) is 39.8 Å². The second kappa shape index (κ2) is 7.26.